The van der Waals surface area contributed by atoms with E-state index in [1.165, 1.54) is 18.8 Å². The number of carboxylic acid groups (broad SMARTS) is 1. The number of carbonyl (C=O) groups is 1. The lowest BCUT2D eigenvalue weighted by atomic mass is 10.2. The molecule has 1 aromatic rings. The summed E-state index contributed by atoms with van der Waals surface area (Å²) in [6.45, 7) is 5.16. The molecule has 7 nitrogen and oxygen atoms in total. The fourth-order valence-corrected chi connectivity index (χ4v) is 4.53. The summed E-state index contributed by atoms with van der Waals surface area (Å²) >= 11 is 0. The number of sulfonamides is 1. The Kier molecular flexibility index (Phi) is 6.95. The minimum atomic E-state index is -3.96. The molecule has 1 aromatic carbocycles. The van der Waals surface area contributed by atoms with Crippen molar-refractivity contribution in [1.29, 1.82) is 0 Å². The highest BCUT2D eigenvalue weighted by molar-refractivity contribution is 7.89. The van der Waals surface area contributed by atoms with Crippen LogP contribution in [0.3, 0.4) is 0 Å². The predicted molar refractivity (Wildman–Crippen MR) is 87.6 cm³/mol. The molecule has 0 bridgehead atoms. The molecule has 0 aromatic heterocycles. The third-order valence-corrected chi connectivity index (χ3v) is 6.52. The quantitative estimate of drug-likeness (QED) is 0.650. The van der Waals surface area contributed by atoms with E-state index in [1.54, 1.807) is 19.1 Å². The van der Waals surface area contributed by atoms with Crippen LogP contribution in [0.4, 0.5) is 0 Å². The summed E-state index contributed by atoms with van der Waals surface area (Å²) in [7, 11) is -6.89. The van der Waals surface area contributed by atoms with Crippen LogP contribution in [0.25, 0.3) is 0 Å². The second-order valence-corrected chi connectivity index (χ2v) is 9.72. The molecule has 1 rings (SSSR count). The number of rotatable bonds is 9. The molecule has 0 spiro atoms. The number of aryl methyl sites for hydroxylation is 1. The van der Waals surface area contributed by atoms with Crippen molar-refractivity contribution in [1.82, 2.24) is 4.72 Å². The lowest BCUT2D eigenvalue weighted by Crippen LogP contribution is -2.41. The molecule has 0 heterocycles. The van der Waals surface area contributed by atoms with E-state index in [0.29, 0.717) is 0 Å². The number of carboxylic acids is 1. The van der Waals surface area contributed by atoms with Crippen LogP contribution in [0.2, 0.25) is 0 Å². The minimum absolute atomic E-state index is 0.0150. The molecule has 0 aliphatic heterocycles. The normalized spacial score (nSPS) is 15.8. The Morgan fingerprint density at radius 1 is 1.35 bits per heavy atom. The first kappa shape index (κ1) is 19.8. The van der Waals surface area contributed by atoms with Crippen molar-refractivity contribution >= 4 is 23.4 Å². The van der Waals surface area contributed by atoms with Crippen LogP contribution < -0.4 is 4.72 Å². The van der Waals surface area contributed by atoms with Gasteiger partial charge in [-0.3, -0.25) is 9.36 Å². The van der Waals surface area contributed by atoms with Gasteiger partial charge in [0.25, 0.3) is 0 Å². The van der Waals surface area contributed by atoms with Crippen LogP contribution in [-0.4, -0.2) is 45.0 Å². The number of nitrogens with one attached hydrogen (secondary N) is 1. The highest BCUT2D eigenvalue weighted by atomic mass is 32.2. The average molecular weight is 363 g/mol. The fourth-order valence-electron chi connectivity index (χ4n) is 1.91. The van der Waals surface area contributed by atoms with Crippen LogP contribution in [0, 0.1) is 6.92 Å². The maximum Gasteiger partial charge on any atom is 0.321 e. The van der Waals surface area contributed by atoms with Gasteiger partial charge in [0.05, 0.1) is 11.5 Å². The largest absolute Gasteiger partial charge is 0.480 e. The van der Waals surface area contributed by atoms with Crippen molar-refractivity contribution in [2.75, 3.05) is 19.4 Å². The van der Waals surface area contributed by atoms with Crippen LogP contribution >= 0.6 is 7.37 Å². The monoisotopic (exact) mass is 363 g/mol. The molecule has 2 N–H and O–H groups in total. The van der Waals surface area contributed by atoms with E-state index in [1.807, 2.05) is 6.92 Å². The third-order valence-electron chi connectivity index (χ3n) is 3.15. The van der Waals surface area contributed by atoms with Gasteiger partial charge in [0.1, 0.15) is 6.04 Å². The average Bonchev–Trinajstić information content (AvgIpc) is 2.43. The summed E-state index contributed by atoms with van der Waals surface area (Å²) in [4.78, 5) is 11.3. The van der Waals surface area contributed by atoms with Crippen molar-refractivity contribution < 1.29 is 27.4 Å². The van der Waals surface area contributed by atoms with Gasteiger partial charge in [-0.1, -0.05) is 17.7 Å². The predicted octanol–water partition coefficient (Wildman–Crippen LogP) is 2.06. The number of aliphatic carboxylic acids is 1. The van der Waals surface area contributed by atoms with E-state index in [4.69, 9.17) is 4.52 Å². The van der Waals surface area contributed by atoms with Gasteiger partial charge in [0.15, 0.2) is 7.37 Å². The summed E-state index contributed by atoms with van der Waals surface area (Å²) in [6.07, 6.45) is -0.136. The summed E-state index contributed by atoms with van der Waals surface area (Å²) in [6, 6.07) is 4.69. The van der Waals surface area contributed by atoms with Crippen LogP contribution in [-0.2, 0) is 23.9 Å². The first-order valence-electron chi connectivity index (χ1n) is 7.10. The zero-order valence-corrected chi connectivity index (χ0v) is 15.1. The Hall–Kier alpha value is -1.21. The number of hydrogen-bond acceptors (Lipinski definition) is 5. The van der Waals surface area contributed by atoms with Crippen molar-refractivity contribution in [2.45, 2.75) is 31.2 Å². The molecule has 2 atom stereocenters. The van der Waals surface area contributed by atoms with E-state index < -0.39 is 29.4 Å². The van der Waals surface area contributed by atoms with E-state index in [9.17, 15) is 22.9 Å². The van der Waals surface area contributed by atoms with Crippen molar-refractivity contribution in [3.8, 4) is 0 Å². The van der Waals surface area contributed by atoms with Gasteiger partial charge in [0, 0.05) is 12.8 Å². The van der Waals surface area contributed by atoms with E-state index >= 15 is 0 Å². The molecule has 0 amide bonds. The second kappa shape index (κ2) is 8.06. The number of benzene rings is 1. The Balaban J connectivity index is 2.85. The zero-order valence-electron chi connectivity index (χ0n) is 13.4. The van der Waals surface area contributed by atoms with E-state index in [2.05, 4.69) is 4.72 Å². The molecule has 0 saturated carbocycles. The molecule has 0 aliphatic carbocycles. The molecule has 130 valence electrons. The smallest absolute Gasteiger partial charge is 0.321 e. The fraction of sp³-hybridized carbons (Fsp3) is 0.500. The maximum absolute atomic E-state index is 12.2. The lowest BCUT2D eigenvalue weighted by Gasteiger charge is -2.18. The Morgan fingerprint density at radius 2 is 1.91 bits per heavy atom. The summed E-state index contributed by atoms with van der Waals surface area (Å²) < 4.78 is 43.7. The van der Waals surface area contributed by atoms with Gasteiger partial charge >= 0.3 is 5.97 Å². The molecule has 1 unspecified atom stereocenters. The van der Waals surface area contributed by atoms with Crippen LogP contribution in [0.1, 0.15) is 18.9 Å². The van der Waals surface area contributed by atoms with Crippen molar-refractivity contribution in [3.63, 3.8) is 0 Å². The summed E-state index contributed by atoms with van der Waals surface area (Å²) in [5, 5.41) is 9.20. The maximum atomic E-state index is 12.2. The van der Waals surface area contributed by atoms with Gasteiger partial charge in [0.2, 0.25) is 10.0 Å². The number of hydrogen-bond donors (Lipinski definition) is 2. The van der Waals surface area contributed by atoms with Crippen LogP contribution in [0.5, 0.6) is 0 Å². The molecule has 9 heteroatoms. The molecule has 0 aliphatic rings. The topological polar surface area (TPSA) is 110 Å². The highest BCUT2D eigenvalue weighted by Gasteiger charge is 2.28. The van der Waals surface area contributed by atoms with Gasteiger partial charge in [-0.15, -0.1) is 0 Å². The Labute approximate surface area is 136 Å². The lowest BCUT2D eigenvalue weighted by molar-refractivity contribution is -0.139. The van der Waals surface area contributed by atoms with E-state index in [0.717, 1.165) is 5.56 Å². The third kappa shape index (κ3) is 6.43. The summed E-state index contributed by atoms with van der Waals surface area (Å²) in [5.41, 5.74) is 0.891. The zero-order chi connectivity index (χ0) is 17.7. The van der Waals surface area contributed by atoms with Gasteiger partial charge in [-0.05, 0) is 32.4 Å². The Morgan fingerprint density at radius 3 is 2.39 bits per heavy atom. The summed E-state index contributed by atoms with van der Waals surface area (Å²) in [5.74, 6) is -1.32. The molecular formula is C14H22NO6PS. The van der Waals surface area contributed by atoms with Gasteiger partial charge < -0.3 is 9.63 Å². The standard InChI is InChI=1S/C14H22NO6PS/c1-4-21-22(3,18)10-9-13(14(16)17)15-23(19,20)12-7-5-11(2)6-8-12/h5-8,13,15H,4,9-10H2,1-3H3,(H,16,17)/t13-,22?/m0/s1. The van der Waals surface area contributed by atoms with Gasteiger partial charge in [-0.2, -0.15) is 4.72 Å². The first-order valence-corrected chi connectivity index (χ1v) is 10.8. The minimum Gasteiger partial charge on any atom is -0.480 e. The molecule has 0 radical (unpaired) electrons. The van der Waals surface area contributed by atoms with E-state index in [-0.39, 0.29) is 24.1 Å². The molecule has 0 saturated heterocycles. The van der Waals surface area contributed by atoms with Crippen molar-refractivity contribution in [3.05, 3.63) is 29.8 Å². The molecular weight excluding hydrogens is 341 g/mol. The second-order valence-electron chi connectivity index (χ2n) is 5.27. The SMILES string of the molecule is CCOP(C)(=O)CC[C@H](NS(=O)(=O)c1ccc(C)cc1)C(=O)O. The van der Waals surface area contributed by atoms with Crippen LogP contribution in [0.15, 0.2) is 29.2 Å². The Bertz CT molecular complexity index is 686. The molecule has 0 fully saturated rings. The molecule has 23 heavy (non-hydrogen) atoms. The van der Waals surface area contributed by atoms with Crippen molar-refractivity contribution in [2.24, 2.45) is 0 Å². The highest BCUT2D eigenvalue weighted by Crippen LogP contribution is 2.43. The van der Waals surface area contributed by atoms with Gasteiger partial charge in [-0.25, -0.2) is 8.42 Å². The first-order chi connectivity index (χ1) is 10.6.